The van der Waals surface area contributed by atoms with Crippen LogP contribution in [0.3, 0.4) is 0 Å². The van der Waals surface area contributed by atoms with E-state index in [0.29, 0.717) is 24.5 Å². The number of hydrogen-bond donors (Lipinski definition) is 1. The summed E-state index contributed by atoms with van der Waals surface area (Å²) in [6.07, 6.45) is 6.13. The van der Waals surface area contributed by atoms with Gasteiger partial charge in [0.15, 0.2) is 0 Å². The lowest BCUT2D eigenvalue weighted by atomic mass is 10.1. The highest BCUT2D eigenvalue weighted by atomic mass is 16.5. The highest BCUT2D eigenvalue weighted by Crippen LogP contribution is 2.31. The van der Waals surface area contributed by atoms with Gasteiger partial charge in [-0.2, -0.15) is 0 Å². The smallest absolute Gasteiger partial charge is 0.249 e. The van der Waals surface area contributed by atoms with Gasteiger partial charge in [-0.15, -0.1) is 0 Å². The molecule has 1 atom stereocenters. The number of ether oxygens (including phenoxy) is 2. The van der Waals surface area contributed by atoms with Crippen LogP contribution in [0.2, 0.25) is 0 Å². The lowest BCUT2D eigenvalue weighted by Crippen LogP contribution is -2.43. The molecule has 0 radical (unpaired) electrons. The molecule has 1 unspecified atom stereocenters. The van der Waals surface area contributed by atoms with Crippen molar-refractivity contribution in [3.8, 4) is 11.5 Å². The molecule has 0 saturated carbocycles. The van der Waals surface area contributed by atoms with Crippen molar-refractivity contribution in [3.05, 3.63) is 30.4 Å². The van der Waals surface area contributed by atoms with Crippen LogP contribution in [0.5, 0.6) is 11.5 Å². The number of allylic oxidation sites excluding steroid dienone is 2. The highest BCUT2D eigenvalue weighted by Gasteiger charge is 2.35. The summed E-state index contributed by atoms with van der Waals surface area (Å²) >= 11 is 0. The van der Waals surface area contributed by atoms with Crippen molar-refractivity contribution in [1.82, 2.24) is 5.32 Å². The third kappa shape index (κ3) is 3.22. The largest absolute Gasteiger partial charge is 0.497 e. The molecule has 0 spiro atoms. The van der Waals surface area contributed by atoms with Crippen molar-refractivity contribution in [2.75, 3.05) is 25.7 Å². The molecule has 2 amide bonds. The van der Waals surface area contributed by atoms with Gasteiger partial charge in [-0.1, -0.05) is 12.2 Å². The molecule has 3 rings (SSSR count). The summed E-state index contributed by atoms with van der Waals surface area (Å²) in [6, 6.07) is 4.89. The Morgan fingerprint density at radius 2 is 1.75 bits per heavy atom. The second kappa shape index (κ2) is 6.95. The molecular weight excluding hydrogens is 308 g/mol. The Kier molecular flexibility index (Phi) is 4.74. The van der Waals surface area contributed by atoms with Gasteiger partial charge >= 0.3 is 0 Å². The van der Waals surface area contributed by atoms with Crippen LogP contribution in [-0.2, 0) is 9.59 Å². The van der Waals surface area contributed by atoms with Crippen LogP contribution >= 0.6 is 0 Å². The monoisotopic (exact) mass is 330 g/mol. The summed E-state index contributed by atoms with van der Waals surface area (Å²) in [5.41, 5.74) is 0.718. The first-order valence-electron chi connectivity index (χ1n) is 8.12. The Labute approximate surface area is 141 Å². The molecule has 1 aliphatic carbocycles. The molecule has 0 aromatic heterocycles. The molecule has 6 nitrogen and oxygen atoms in total. The fourth-order valence-corrected chi connectivity index (χ4v) is 3.14. The van der Waals surface area contributed by atoms with Crippen LogP contribution in [-0.4, -0.2) is 38.6 Å². The van der Waals surface area contributed by atoms with E-state index in [1.54, 1.807) is 37.3 Å². The first-order chi connectivity index (χ1) is 11.6. The van der Waals surface area contributed by atoms with Gasteiger partial charge in [-0.25, -0.2) is 0 Å². The van der Waals surface area contributed by atoms with E-state index in [1.807, 2.05) is 12.2 Å². The minimum atomic E-state index is -0.463. The van der Waals surface area contributed by atoms with Gasteiger partial charge in [-0.3, -0.25) is 9.59 Å². The van der Waals surface area contributed by atoms with Gasteiger partial charge in [0, 0.05) is 30.7 Å². The zero-order valence-corrected chi connectivity index (χ0v) is 14.0. The van der Waals surface area contributed by atoms with Gasteiger partial charge in [0.25, 0.3) is 0 Å². The highest BCUT2D eigenvalue weighted by molar-refractivity contribution is 6.01. The summed E-state index contributed by atoms with van der Waals surface area (Å²) in [4.78, 5) is 26.6. The molecule has 1 aromatic carbocycles. The van der Waals surface area contributed by atoms with Gasteiger partial charge < -0.3 is 19.7 Å². The Morgan fingerprint density at radius 3 is 2.33 bits per heavy atom. The molecule has 2 aliphatic rings. The standard InChI is InChI=1S/C18H22N2O4/c1-23-14-9-13(10-15(11-14)24-2)20-8-7-16(18(20)22)19-17(21)12-5-3-4-6-12/h3-4,9-12,16H,5-8H2,1-2H3,(H,19,21). The predicted octanol–water partition coefficient (Wildman–Crippen LogP) is 1.89. The lowest BCUT2D eigenvalue weighted by Gasteiger charge is -2.19. The predicted molar refractivity (Wildman–Crippen MR) is 90.3 cm³/mol. The zero-order chi connectivity index (χ0) is 17.1. The minimum Gasteiger partial charge on any atom is -0.497 e. The number of methoxy groups -OCH3 is 2. The van der Waals surface area contributed by atoms with Crippen molar-refractivity contribution in [2.24, 2.45) is 5.92 Å². The molecule has 24 heavy (non-hydrogen) atoms. The summed E-state index contributed by atoms with van der Waals surface area (Å²) in [5, 5.41) is 2.89. The van der Waals surface area contributed by atoms with Crippen LogP contribution in [0.25, 0.3) is 0 Å². The molecule has 1 heterocycles. The van der Waals surface area contributed by atoms with Crippen LogP contribution in [0, 0.1) is 5.92 Å². The number of hydrogen-bond acceptors (Lipinski definition) is 4. The van der Waals surface area contributed by atoms with E-state index >= 15 is 0 Å². The number of benzene rings is 1. The second-order valence-corrected chi connectivity index (χ2v) is 6.05. The Balaban J connectivity index is 1.70. The molecule has 1 saturated heterocycles. The number of nitrogens with zero attached hydrogens (tertiary/aromatic N) is 1. The average Bonchev–Trinajstić information content (AvgIpc) is 3.25. The third-order valence-electron chi connectivity index (χ3n) is 4.55. The summed E-state index contributed by atoms with van der Waals surface area (Å²) in [6.45, 7) is 0.559. The fourth-order valence-electron chi connectivity index (χ4n) is 3.14. The number of amides is 2. The second-order valence-electron chi connectivity index (χ2n) is 6.05. The van der Waals surface area contributed by atoms with E-state index < -0.39 is 6.04 Å². The van der Waals surface area contributed by atoms with Crippen LogP contribution < -0.4 is 19.7 Å². The maximum absolute atomic E-state index is 12.7. The molecule has 1 aromatic rings. The summed E-state index contributed by atoms with van der Waals surface area (Å²) in [5.74, 6) is 1.08. The molecule has 0 bridgehead atoms. The zero-order valence-electron chi connectivity index (χ0n) is 14.0. The van der Waals surface area contributed by atoms with Crippen LogP contribution in [0.15, 0.2) is 30.4 Å². The molecular formula is C18H22N2O4. The van der Waals surface area contributed by atoms with E-state index in [0.717, 1.165) is 18.5 Å². The maximum Gasteiger partial charge on any atom is 0.249 e. The van der Waals surface area contributed by atoms with Crippen LogP contribution in [0.1, 0.15) is 19.3 Å². The van der Waals surface area contributed by atoms with E-state index in [2.05, 4.69) is 5.32 Å². The fraction of sp³-hybridized carbons (Fsp3) is 0.444. The van der Waals surface area contributed by atoms with Gasteiger partial charge in [0.1, 0.15) is 17.5 Å². The van der Waals surface area contributed by atoms with E-state index in [9.17, 15) is 9.59 Å². The van der Waals surface area contributed by atoms with E-state index in [-0.39, 0.29) is 17.7 Å². The number of anilines is 1. The average molecular weight is 330 g/mol. The van der Waals surface area contributed by atoms with Crippen LogP contribution in [0.4, 0.5) is 5.69 Å². The number of carbonyl (C=O) groups is 2. The number of rotatable bonds is 5. The quantitative estimate of drug-likeness (QED) is 0.837. The SMILES string of the molecule is COc1cc(OC)cc(N2CCC(NC(=O)C3CC=CC3)C2=O)c1. The Bertz CT molecular complexity index is 641. The summed E-state index contributed by atoms with van der Waals surface area (Å²) in [7, 11) is 3.14. The van der Waals surface area contributed by atoms with Crippen molar-refractivity contribution < 1.29 is 19.1 Å². The lowest BCUT2D eigenvalue weighted by molar-refractivity contribution is -0.128. The number of carbonyl (C=O) groups excluding carboxylic acids is 2. The first kappa shape index (κ1) is 16.4. The third-order valence-corrected chi connectivity index (χ3v) is 4.55. The van der Waals surface area contributed by atoms with Crippen molar-refractivity contribution in [2.45, 2.75) is 25.3 Å². The molecule has 6 heteroatoms. The molecule has 1 N–H and O–H groups in total. The van der Waals surface area contributed by atoms with E-state index in [4.69, 9.17) is 9.47 Å². The number of nitrogens with one attached hydrogen (secondary N) is 1. The molecule has 128 valence electrons. The van der Waals surface area contributed by atoms with Gasteiger partial charge in [0.2, 0.25) is 11.8 Å². The normalized spacial score (nSPS) is 20.5. The Hall–Kier alpha value is -2.50. The van der Waals surface area contributed by atoms with Gasteiger partial charge in [-0.05, 0) is 19.3 Å². The molecule has 1 fully saturated rings. The summed E-state index contributed by atoms with van der Waals surface area (Å²) < 4.78 is 10.5. The molecule has 1 aliphatic heterocycles. The van der Waals surface area contributed by atoms with Crippen molar-refractivity contribution in [3.63, 3.8) is 0 Å². The maximum atomic E-state index is 12.7. The Morgan fingerprint density at radius 1 is 1.12 bits per heavy atom. The van der Waals surface area contributed by atoms with E-state index in [1.165, 1.54) is 0 Å². The first-order valence-corrected chi connectivity index (χ1v) is 8.12. The van der Waals surface area contributed by atoms with Crippen molar-refractivity contribution >= 4 is 17.5 Å². The minimum absolute atomic E-state index is 0.0382. The van der Waals surface area contributed by atoms with Gasteiger partial charge in [0.05, 0.1) is 19.9 Å². The van der Waals surface area contributed by atoms with Crippen molar-refractivity contribution in [1.29, 1.82) is 0 Å². The topological polar surface area (TPSA) is 67.9 Å².